The second-order valence-corrected chi connectivity index (χ2v) is 9.61. The third kappa shape index (κ3) is 6.25. The molecule has 8 heteroatoms. The normalized spacial score (nSPS) is 19.1. The largest absolute Gasteiger partial charge is 0.359 e. The molecule has 0 unspecified atom stereocenters. The monoisotopic (exact) mass is 526 g/mol. The van der Waals surface area contributed by atoms with Gasteiger partial charge < -0.3 is 16.4 Å². The van der Waals surface area contributed by atoms with Crippen LogP contribution in [-0.4, -0.2) is 36.4 Å². The van der Waals surface area contributed by atoms with Crippen molar-refractivity contribution in [2.24, 2.45) is 5.73 Å². The van der Waals surface area contributed by atoms with E-state index in [9.17, 15) is 9.59 Å². The van der Waals surface area contributed by atoms with Crippen LogP contribution in [0.4, 0.5) is 0 Å². The number of carbonyl (C=O) groups is 2. The molecule has 0 bridgehead atoms. The summed E-state index contributed by atoms with van der Waals surface area (Å²) in [4.78, 5) is 30.0. The van der Waals surface area contributed by atoms with Crippen LogP contribution in [0.15, 0.2) is 66.9 Å². The minimum atomic E-state index is -0.206. The molecule has 6 nitrogen and oxygen atoms in total. The highest BCUT2D eigenvalue weighted by Crippen LogP contribution is 2.39. The fourth-order valence-corrected chi connectivity index (χ4v) is 5.06. The zero-order chi connectivity index (χ0) is 24.8. The fourth-order valence-electron chi connectivity index (χ4n) is 4.87. The van der Waals surface area contributed by atoms with Crippen molar-refractivity contribution < 1.29 is 9.59 Å². The van der Waals surface area contributed by atoms with E-state index in [1.165, 1.54) is 0 Å². The number of likely N-dealkylation sites (N-methyl/N-ethyl adjacent to an activating group) is 1. The van der Waals surface area contributed by atoms with Crippen LogP contribution >= 0.6 is 24.0 Å². The summed E-state index contributed by atoms with van der Waals surface area (Å²) in [6.45, 7) is 0.535. The lowest BCUT2D eigenvalue weighted by atomic mass is 9.68. The molecular weight excluding hydrogens is 495 g/mol. The van der Waals surface area contributed by atoms with Crippen molar-refractivity contribution in [2.45, 2.75) is 43.6 Å². The van der Waals surface area contributed by atoms with Gasteiger partial charge in [0.25, 0.3) is 5.91 Å². The standard InChI is InChI=1S/C28H31ClN4O2.ClH/c1-31-26(34)16-25-24(14-20(17-32-25)19-6-3-2-4-7-19)27(35)33-23-10-12-28(18-30,13-11-23)21-8-5-9-22(29)15-21;/h2-9,14-15,17,23H,10-13,16,18,30H2,1H3,(H,31,34)(H,33,35);1H. The molecule has 1 saturated carbocycles. The number of hydrogen-bond donors (Lipinski definition) is 3. The number of amides is 2. The minimum absolute atomic E-state index is 0. The van der Waals surface area contributed by atoms with Gasteiger partial charge in [-0.1, -0.05) is 54.1 Å². The quantitative estimate of drug-likeness (QED) is 0.416. The van der Waals surface area contributed by atoms with Gasteiger partial charge in [0, 0.05) is 41.8 Å². The maximum atomic E-state index is 13.4. The average molecular weight is 527 g/mol. The van der Waals surface area contributed by atoms with E-state index in [1.807, 2.05) is 54.6 Å². The third-order valence-electron chi connectivity index (χ3n) is 7.03. The summed E-state index contributed by atoms with van der Waals surface area (Å²) in [5.41, 5.74) is 9.95. The van der Waals surface area contributed by atoms with Crippen LogP contribution in [0.3, 0.4) is 0 Å². The number of aromatic nitrogens is 1. The molecule has 1 heterocycles. The highest BCUT2D eigenvalue weighted by molar-refractivity contribution is 6.30. The Morgan fingerprint density at radius 2 is 1.78 bits per heavy atom. The van der Waals surface area contributed by atoms with Crippen LogP contribution in [0, 0.1) is 0 Å². The minimum Gasteiger partial charge on any atom is -0.359 e. The molecule has 36 heavy (non-hydrogen) atoms. The van der Waals surface area contributed by atoms with Gasteiger partial charge in [-0.3, -0.25) is 14.6 Å². The van der Waals surface area contributed by atoms with Crippen LogP contribution in [0.2, 0.25) is 5.02 Å². The number of halogens is 2. The van der Waals surface area contributed by atoms with Crippen LogP contribution in [0.5, 0.6) is 0 Å². The Labute approximate surface area is 223 Å². The summed E-state index contributed by atoms with van der Waals surface area (Å²) >= 11 is 6.23. The van der Waals surface area contributed by atoms with Crippen molar-refractivity contribution in [1.29, 1.82) is 0 Å². The van der Waals surface area contributed by atoms with E-state index in [4.69, 9.17) is 17.3 Å². The Bertz CT molecular complexity index is 1200. The second kappa shape index (κ2) is 12.3. The predicted octanol–water partition coefficient (Wildman–Crippen LogP) is 4.68. The Hall–Kier alpha value is -2.93. The number of benzene rings is 2. The van der Waals surface area contributed by atoms with E-state index in [0.717, 1.165) is 42.4 Å². The molecule has 190 valence electrons. The van der Waals surface area contributed by atoms with Crippen LogP contribution in [0.1, 0.15) is 47.3 Å². The van der Waals surface area contributed by atoms with E-state index >= 15 is 0 Å². The summed E-state index contributed by atoms with van der Waals surface area (Å²) in [5.74, 6) is -0.395. The van der Waals surface area contributed by atoms with Gasteiger partial charge in [-0.15, -0.1) is 12.4 Å². The molecule has 0 saturated heterocycles. The molecular formula is C28H32Cl2N4O2. The molecule has 1 fully saturated rings. The Balaban J connectivity index is 0.00000361. The average Bonchev–Trinajstić information content (AvgIpc) is 2.90. The highest BCUT2D eigenvalue weighted by Gasteiger charge is 2.36. The first-order valence-electron chi connectivity index (χ1n) is 12.0. The molecule has 1 aliphatic rings. The molecule has 4 rings (SSSR count). The summed E-state index contributed by atoms with van der Waals surface area (Å²) in [5, 5.41) is 6.51. The first-order chi connectivity index (χ1) is 16.9. The first-order valence-corrected chi connectivity index (χ1v) is 12.3. The number of carbonyl (C=O) groups excluding carboxylic acids is 2. The van der Waals surface area contributed by atoms with E-state index in [1.54, 1.807) is 13.2 Å². The Morgan fingerprint density at radius 1 is 1.06 bits per heavy atom. The van der Waals surface area contributed by atoms with Gasteiger partial charge in [-0.25, -0.2) is 0 Å². The van der Waals surface area contributed by atoms with Crippen molar-refractivity contribution in [1.82, 2.24) is 15.6 Å². The predicted molar refractivity (Wildman–Crippen MR) is 147 cm³/mol. The van der Waals surface area contributed by atoms with Gasteiger partial charge in [0.05, 0.1) is 17.7 Å². The van der Waals surface area contributed by atoms with Crippen LogP contribution < -0.4 is 16.4 Å². The van der Waals surface area contributed by atoms with Gasteiger partial charge in [-0.05, 0) is 55.0 Å². The van der Waals surface area contributed by atoms with Crippen molar-refractivity contribution in [3.05, 3.63) is 88.7 Å². The zero-order valence-corrected chi connectivity index (χ0v) is 21.9. The topological polar surface area (TPSA) is 97.1 Å². The highest BCUT2D eigenvalue weighted by atomic mass is 35.5. The van der Waals surface area contributed by atoms with Gasteiger partial charge in [0.1, 0.15) is 0 Å². The molecule has 2 aromatic carbocycles. The van der Waals surface area contributed by atoms with Gasteiger partial charge >= 0.3 is 0 Å². The summed E-state index contributed by atoms with van der Waals surface area (Å²) < 4.78 is 0. The van der Waals surface area contributed by atoms with Crippen LogP contribution in [0.25, 0.3) is 11.1 Å². The lowest BCUT2D eigenvalue weighted by Gasteiger charge is -2.40. The van der Waals surface area contributed by atoms with Crippen molar-refractivity contribution in [3.8, 4) is 11.1 Å². The van der Waals surface area contributed by atoms with Gasteiger partial charge in [0.15, 0.2) is 0 Å². The molecule has 0 spiro atoms. The molecule has 0 aliphatic heterocycles. The summed E-state index contributed by atoms with van der Waals surface area (Å²) in [6.07, 6.45) is 5.11. The number of nitrogens with zero attached hydrogens (tertiary/aromatic N) is 1. The van der Waals surface area contributed by atoms with Gasteiger partial charge in [-0.2, -0.15) is 0 Å². The van der Waals surface area contributed by atoms with Crippen molar-refractivity contribution >= 4 is 35.8 Å². The lowest BCUT2D eigenvalue weighted by Crippen LogP contribution is -2.45. The summed E-state index contributed by atoms with van der Waals surface area (Å²) in [7, 11) is 1.58. The molecule has 1 aliphatic carbocycles. The lowest BCUT2D eigenvalue weighted by molar-refractivity contribution is -0.120. The van der Waals surface area contributed by atoms with Gasteiger partial charge in [0.2, 0.25) is 5.91 Å². The molecule has 0 radical (unpaired) electrons. The Morgan fingerprint density at radius 3 is 2.42 bits per heavy atom. The maximum absolute atomic E-state index is 13.4. The first kappa shape index (κ1) is 27.7. The third-order valence-corrected chi connectivity index (χ3v) is 7.27. The zero-order valence-electron chi connectivity index (χ0n) is 20.3. The maximum Gasteiger partial charge on any atom is 0.253 e. The van der Waals surface area contributed by atoms with E-state index < -0.39 is 0 Å². The number of nitrogens with two attached hydrogens (primary N) is 1. The Kier molecular flexibility index (Phi) is 9.49. The number of nitrogens with one attached hydrogen (secondary N) is 2. The second-order valence-electron chi connectivity index (χ2n) is 9.18. The molecule has 3 aromatic rings. The number of pyridine rings is 1. The molecule has 4 N–H and O–H groups in total. The number of rotatable bonds is 7. The van der Waals surface area contributed by atoms with Crippen molar-refractivity contribution in [2.75, 3.05) is 13.6 Å². The van der Waals surface area contributed by atoms with Crippen LogP contribution in [-0.2, 0) is 16.6 Å². The molecule has 2 amide bonds. The van der Waals surface area contributed by atoms with Crippen molar-refractivity contribution in [3.63, 3.8) is 0 Å². The number of hydrogen-bond acceptors (Lipinski definition) is 4. The summed E-state index contributed by atoms with van der Waals surface area (Å²) in [6, 6.07) is 19.5. The van der Waals surface area contributed by atoms with E-state index in [-0.39, 0.29) is 42.1 Å². The van der Waals surface area contributed by atoms with E-state index in [2.05, 4.69) is 21.7 Å². The molecule has 0 atom stereocenters. The molecule has 1 aromatic heterocycles. The fraction of sp³-hybridized carbons (Fsp3) is 0.321. The van der Waals surface area contributed by atoms with E-state index in [0.29, 0.717) is 22.8 Å². The smallest absolute Gasteiger partial charge is 0.253 e. The SMILES string of the molecule is CNC(=O)Cc1ncc(-c2ccccc2)cc1C(=O)NC1CCC(CN)(c2cccc(Cl)c2)CC1.Cl.